The molecule has 3 rings (SSSR count). The van der Waals surface area contributed by atoms with Crippen LogP contribution in [0.5, 0.6) is 0 Å². The van der Waals surface area contributed by atoms with Crippen LogP contribution >= 0.6 is 0 Å². The van der Waals surface area contributed by atoms with Crippen molar-refractivity contribution in [2.75, 3.05) is 19.9 Å². The van der Waals surface area contributed by atoms with E-state index in [4.69, 9.17) is 4.74 Å². The molecule has 2 aliphatic rings. The van der Waals surface area contributed by atoms with Crippen molar-refractivity contribution in [2.45, 2.75) is 51.1 Å². The number of amides is 1. The average Bonchev–Trinajstić information content (AvgIpc) is 3.30. The van der Waals surface area contributed by atoms with Gasteiger partial charge in [-0.2, -0.15) is 5.10 Å². The van der Waals surface area contributed by atoms with E-state index in [0.717, 1.165) is 5.69 Å². The fraction of sp³-hybridized carbons (Fsp3) is 0.750. The summed E-state index contributed by atoms with van der Waals surface area (Å²) in [4.78, 5) is 12.5. The van der Waals surface area contributed by atoms with Gasteiger partial charge in [-0.1, -0.05) is 0 Å². The zero-order valence-corrected chi connectivity index (χ0v) is 13.3. The van der Waals surface area contributed by atoms with Crippen LogP contribution < -0.4 is 5.32 Å². The van der Waals surface area contributed by atoms with Gasteiger partial charge in [0.05, 0.1) is 11.6 Å². The van der Waals surface area contributed by atoms with E-state index in [1.807, 2.05) is 11.6 Å². The molecule has 0 aromatic carbocycles. The SMILES string of the molecule is Cc1cc(C(=O)NC2(CF)CCOCC2)nn1[C@@H](C)C1CC1. The molecule has 122 valence electrons. The van der Waals surface area contributed by atoms with Gasteiger partial charge in [0.15, 0.2) is 0 Å². The van der Waals surface area contributed by atoms with E-state index in [9.17, 15) is 9.18 Å². The number of aromatic nitrogens is 2. The molecule has 0 bridgehead atoms. The van der Waals surface area contributed by atoms with Crippen LogP contribution in [0, 0.1) is 12.8 Å². The van der Waals surface area contributed by atoms with Crippen molar-refractivity contribution in [1.29, 1.82) is 0 Å². The van der Waals surface area contributed by atoms with Crippen LogP contribution in [-0.2, 0) is 4.74 Å². The minimum absolute atomic E-state index is 0.288. The summed E-state index contributed by atoms with van der Waals surface area (Å²) >= 11 is 0. The Morgan fingerprint density at radius 1 is 1.55 bits per heavy atom. The molecule has 0 spiro atoms. The summed E-state index contributed by atoms with van der Waals surface area (Å²) in [6.07, 6.45) is 3.47. The molecule has 1 amide bonds. The Kier molecular flexibility index (Phi) is 4.21. The third kappa shape index (κ3) is 3.02. The van der Waals surface area contributed by atoms with Crippen molar-refractivity contribution < 1.29 is 13.9 Å². The number of aryl methyl sites for hydroxylation is 1. The quantitative estimate of drug-likeness (QED) is 0.909. The molecular weight excluding hydrogens is 285 g/mol. The van der Waals surface area contributed by atoms with Crippen molar-refractivity contribution in [1.82, 2.24) is 15.1 Å². The molecule has 2 fully saturated rings. The predicted octanol–water partition coefficient (Wildman–Crippen LogP) is 2.41. The molecule has 22 heavy (non-hydrogen) atoms. The van der Waals surface area contributed by atoms with E-state index in [0.29, 0.717) is 43.7 Å². The topological polar surface area (TPSA) is 56.1 Å². The third-order valence-corrected chi connectivity index (χ3v) is 4.93. The van der Waals surface area contributed by atoms with Crippen molar-refractivity contribution in [3.63, 3.8) is 0 Å². The van der Waals surface area contributed by atoms with Crippen LogP contribution in [0.25, 0.3) is 0 Å². The monoisotopic (exact) mass is 309 g/mol. The lowest BCUT2D eigenvalue weighted by atomic mass is 9.91. The zero-order chi connectivity index (χ0) is 15.7. The number of hydrogen-bond acceptors (Lipinski definition) is 3. The van der Waals surface area contributed by atoms with Crippen LogP contribution in [0.15, 0.2) is 6.07 Å². The molecule has 1 atom stereocenters. The fourth-order valence-electron chi connectivity index (χ4n) is 3.15. The summed E-state index contributed by atoms with van der Waals surface area (Å²) in [5.74, 6) is 0.381. The van der Waals surface area contributed by atoms with Crippen LogP contribution in [0.2, 0.25) is 0 Å². The molecular formula is C16H24FN3O2. The van der Waals surface area contributed by atoms with E-state index in [2.05, 4.69) is 17.3 Å². The first kappa shape index (κ1) is 15.5. The van der Waals surface area contributed by atoms with Gasteiger partial charge < -0.3 is 10.1 Å². The highest BCUT2D eigenvalue weighted by Gasteiger charge is 2.36. The van der Waals surface area contributed by atoms with Gasteiger partial charge in [0.25, 0.3) is 5.91 Å². The smallest absolute Gasteiger partial charge is 0.272 e. The number of rotatable bonds is 5. The van der Waals surface area contributed by atoms with E-state index in [-0.39, 0.29) is 5.91 Å². The summed E-state index contributed by atoms with van der Waals surface area (Å²) in [7, 11) is 0. The van der Waals surface area contributed by atoms with Gasteiger partial charge in [-0.05, 0) is 51.5 Å². The first-order valence-electron chi connectivity index (χ1n) is 8.07. The second-order valence-corrected chi connectivity index (χ2v) is 6.67. The zero-order valence-electron chi connectivity index (χ0n) is 13.3. The van der Waals surface area contributed by atoms with Crippen LogP contribution in [0.4, 0.5) is 4.39 Å². The van der Waals surface area contributed by atoms with Crippen molar-refractivity contribution in [2.24, 2.45) is 5.92 Å². The Balaban J connectivity index is 1.73. The molecule has 0 unspecified atom stereocenters. The van der Waals surface area contributed by atoms with Gasteiger partial charge >= 0.3 is 0 Å². The van der Waals surface area contributed by atoms with Gasteiger partial charge in [-0.3, -0.25) is 9.48 Å². The van der Waals surface area contributed by atoms with Gasteiger partial charge in [-0.25, -0.2) is 4.39 Å². The number of hydrogen-bond donors (Lipinski definition) is 1. The van der Waals surface area contributed by atoms with Gasteiger partial charge in [0.2, 0.25) is 0 Å². The molecule has 1 aromatic heterocycles. The van der Waals surface area contributed by atoms with Gasteiger partial charge in [-0.15, -0.1) is 0 Å². The minimum atomic E-state index is -0.797. The van der Waals surface area contributed by atoms with E-state index in [1.165, 1.54) is 12.8 Å². The molecule has 0 radical (unpaired) electrons. The van der Waals surface area contributed by atoms with E-state index in [1.54, 1.807) is 6.07 Å². The maximum Gasteiger partial charge on any atom is 0.272 e. The number of nitrogens with one attached hydrogen (secondary N) is 1. The van der Waals surface area contributed by atoms with Gasteiger partial charge in [0.1, 0.15) is 12.4 Å². The maximum atomic E-state index is 13.4. The molecule has 1 saturated carbocycles. The van der Waals surface area contributed by atoms with Crippen molar-refractivity contribution in [3.8, 4) is 0 Å². The summed E-state index contributed by atoms with van der Waals surface area (Å²) in [6.45, 7) is 4.50. The van der Waals surface area contributed by atoms with Crippen LogP contribution in [0.3, 0.4) is 0 Å². The highest BCUT2D eigenvalue weighted by atomic mass is 19.1. The molecule has 1 aliphatic heterocycles. The number of halogens is 1. The van der Waals surface area contributed by atoms with Crippen LogP contribution in [-0.4, -0.2) is 41.1 Å². The Bertz CT molecular complexity index is 548. The van der Waals surface area contributed by atoms with Crippen LogP contribution in [0.1, 0.15) is 54.8 Å². The summed E-state index contributed by atoms with van der Waals surface area (Å²) in [6, 6.07) is 2.11. The van der Waals surface area contributed by atoms with E-state index < -0.39 is 12.2 Å². The first-order valence-corrected chi connectivity index (χ1v) is 8.07. The molecule has 1 N–H and O–H groups in total. The second-order valence-electron chi connectivity index (χ2n) is 6.67. The Hall–Kier alpha value is -1.43. The molecule has 1 aliphatic carbocycles. The summed E-state index contributed by atoms with van der Waals surface area (Å²) in [5, 5.41) is 7.31. The summed E-state index contributed by atoms with van der Waals surface area (Å²) in [5.41, 5.74) is 0.560. The van der Waals surface area contributed by atoms with E-state index >= 15 is 0 Å². The number of ether oxygens (including phenoxy) is 1. The van der Waals surface area contributed by atoms with Gasteiger partial charge in [0, 0.05) is 18.9 Å². The van der Waals surface area contributed by atoms with Crippen molar-refractivity contribution >= 4 is 5.91 Å². The highest BCUT2D eigenvalue weighted by Crippen LogP contribution is 2.39. The number of carbonyl (C=O) groups is 1. The molecule has 1 saturated heterocycles. The Morgan fingerprint density at radius 3 is 2.82 bits per heavy atom. The number of alkyl halides is 1. The number of nitrogens with zero attached hydrogens (tertiary/aromatic N) is 2. The number of carbonyl (C=O) groups excluding carboxylic acids is 1. The first-order chi connectivity index (χ1) is 10.5. The normalized spacial score (nSPS) is 22.3. The minimum Gasteiger partial charge on any atom is -0.381 e. The largest absolute Gasteiger partial charge is 0.381 e. The summed E-state index contributed by atoms with van der Waals surface area (Å²) < 4.78 is 20.6. The second kappa shape index (κ2) is 5.99. The molecule has 2 heterocycles. The molecule has 6 heteroatoms. The lowest BCUT2D eigenvalue weighted by Gasteiger charge is -2.35. The lowest BCUT2D eigenvalue weighted by Crippen LogP contribution is -2.53. The lowest BCUT2D eigenvalue weighted by molar-refractivity contribution is 0.0264. The Labute approximate surface area is 130 Å². The third-order valence-electron chi connectivity index (χ3n) is 4.93. The highest BCUT2D eigenvalue weighted by molar-refractivity contribution is 5.93. The molecule has 1 aromatic rings. The maximum absolute atomic E-state index is 13.4. The Morgan fingerprint density at radius 2 is 2.23 bits per heavy atom. The molecule has 5 nitrogen and oxygen atoms in total. The van der Waals surface area contributed by atoms with Crippen molar-refractivity contribution in [3.05, 3.63) is 17.5 Å². The average molecular weight is 309 g/mol. The fourth-order valence-corrected chi connectivity index (χ4v) is 3.15. The predicted molar refractivity (Wildman–Crippen MR) is 80.6 cm³/mol. The standard InChI is InChI=1S/C16H24FN3O2/c1-11-9-14(19-20(11)12(2)13-3-4-13)15(21)18-16(10-17)5-7-22-8-6-16/h9,12-13H,3-8,10H2,1-2H3,(H,18,21)/t12-/m0/s1.